The molecule has 7 heteroatoms. The zero-order chi connectivity index (χ0) is 18.4. The van der Waals surface area contributed by atoms with Crippen molar-refractivity contribution in [1.82, 2.24) is 15.1 Å². The number of nitrogens with one attached hydrogen (secondary N) is 1. The molecule has 1 aliphatic rings. The minimum Gasteiger partial charge on any atom is -0.459 e. The van der Waals surface area contributed by atoms with E-state index in [-0.39, 0.29) is 24.1 Å². The van der Waals surface area contributed by atoms with Gasteiger partial charge in [-0.1, -0.05) is 12.1 Å². The van der Waals surface area contributed by atoms with Gasteiger partial charge in [-0.3, -0.25) is 14.5 Å². The second kappa shape index (κ2) is 8.32. The van der Waals surface area contributed by atoms with Gasteiger partial charge in [-0.2, -0.15) is 5.26 Å². The molecule has 0 aliphatic carbocycles. The summed E-state index contributed by atoms with van der Waals surface area (Å²) in [5.74, 6) is -0.282. The molecule has 2 amide bonds. The van der Waals surface area contributed by atoms with E-state index in [4.69, 9.17) is 9.68 Å². The van der Waals surface area contributed by atoms with E-state index < -0.39 is 0 Å². The molecule has 26 heavy (non-hydrogen) atoms. The molecule has 2 heterocycles. The Hall–Kier alpha value is -3.11. The Balaban J connectivity index is 1.42. The average Bonchev–Trinajstić information content (AvgIpc) is 3.22. The number of nitriles is 1. The highest BCUT2D eigenvalue weighted by molar-refractivity contribution is 5.94. The maximum Gasteiger partial charge on any atom is 0.287 e. The second-order valence-electron chi connectivity index (χ2n) is 6.13. The van der Waals surface area contributed by atoms with Crippen molar-refractivity contribution in [3.05, 3.63) is 59.5 Å². The lowest BCUT2D eigenvalue weighted by Crippen LogP contribution is -2.50. The summed E-state index contributed by atoms with van der Waals surface area (Å²) in [6, 6.07) is 12.8. The Labute approximate surface area is 151 Å². The van der Waals surface area contributed by atoms with Crippen molar-refractivity contribution in [1.29, 1.82) is 5.26 Å². The van der Waals surface area contributed by atoms with Crippen LogP contribution in [0.2, 0.25) is 0 Å². The Morgan fingerprint density at radius 1 is 1.12 bits per heavy atom. The predicted molar refractivity (Wildman–Crippen MR) is 94.1 cm³/mol. The van der Waals surface area contributed by atoms with Crippen molar-refractivity contribution in [3.63, 3.8) is 0 Å². The molecule has 1 aromatic carbocycles. The van der Waals surface area contributed by atoms with Crippen LogP contribution in [0.4, 0.5) is 0 Å². The van der Waals surface area contributed by atoms with Crippen LogP contribution in [0.3, 0.4) is 0 Å². The zero-order valence-electron chi connectivity index (χ0n) is 14.4. The van der Waals surface area contributed by atoms with E-state index in [1.165, 1.54) is 6.26 Å². The number of piperazine rings is 1. The minimum absolute atomic E-state index is 0.0326. The normalized spacial score (nSPS) is 14.7. The standard InChI is InChI=1S/C19H20N4O3/c20-12-15-3-5-16(6-4-15)14-22-7-9-23(10-8-22)18(24)13-21-19(25)17-2-1-11-26-17/h1-6,11H,7-10,13-14H2,(H,21,25). The summed E-state index contributed by atoms with van der Waals surface area (Å²) in [7, 11) is 0. The van der Waals surface area contributed by atoms with Gasteiger partial charge in [-0.25, -0.2) is 0 Å². The van der Waals surface area contributed by atoms with Gasteiger partial charge in [0.1, 0.15) is 0 Å². The highest BCUT2D eigenvalue weighted by Crippen LogP contribution is 2.10. The molecule has 3 rings (SSSR count). The molecular formula is C19H20N4O3. The van der Waals surface area contributed by atoms with Crippen LogP contribution in [0.1, 0.15) is 21.7 Å². The molecule has 0 atom stereocenters. The number of rotatable bonds is 5. The molecule has 0 unspecified atom stereocenters. The molecule has 0 bridgehead atoms. The Morgan fingerprint density at radius 2 is 1.85 bits per heavy atom. The number of furan rings is 1. The fourth-order valence-electron chi connectivity index (χ4n) is 2.86. The van der Waals surface area contributed by atoms with Crippen molar-refractivity contribution in [3.8, 4) is 6.07 Å². The highest BCUT2D eigenvalue weighted by Gasteiger charge is 2.21. The lowest BCUT2D eigenvalue weighted by Gasteiger charge is -2.34. The lowest BCUT2D eigenvalue weighted by atomic mass is 10.1. The number of hydrogen-bond acceptors (Lipinski definition) is 5. The Kier molecular flexibility index (Phi) is 5.66. The third-order valence-electron chi connectivity index (χ3n) is 4.36. The van der Waals surface area contributed by atoms with Crippen LogP contribution in [0.15, 0.2) is 47.1 Å². The third-order valence-corrected chi connectivity index (χ3v) is 4.36. The maximum atomic E-state index is 12.2. The van der Waals surface area contributed by atoms with Crippen molar-refractivity contribution in [2.75, 3.05) is 32.7 Å². The number of hydrogen-bond donors (Lipinski definition) is 1. The van der Waals surface area contributed by atoms with Crippen molar-refractivity contribution in [2.24, 2.45) is 0 Å². The van der Waals surface area contributed by atoms with E-state index in [0.717, 1.165) is 25.2 Å². The fourth-order valence-corrected chi connectivity index (χ4v) is 2.86. The second-order valence-corrected chi connectivity index (χ2v) is 6.13. The maximum absolute atomic E-state index is 12.2. The lowest BCUT2D eigenvalue weighted by molar-refractivity contribution is -0.131. The summed E-state index contributed by atoms with van der Waals surface area (Å²) in [6.45, 7) is 3.57. The fraction of sp³-hybridized carbons (Fsp3) is 0.316. The van der Waals surface area contributed by atoms with Crippen LogP contribution < -0.4 is 5.32 Å². The van der Waals surface area contributed by atoms with Gasteiger partial charge < -0.3 is 14.6 Å². The smallest absolute Gasteiger partial charge is 0.287 e. The molecule has 0 radical (unpaired) electrons. The van der Waals surface area contributed by atoms with Crippen molar-refractivity contribution < 1.29 is 14.0 Å². The van der Waals surface area contributed by atoms with E-state index >= 15 is 0 Å². The molecular weight excluding hydrogens is 332 g/mol. The van der Waals surface area contributed by atoms with Gasteiger partial charge in [-0.15, -0.1) is 0 Å². The predicted octanol–water partition coefficient (Wildman–Crippen LogP) is 1.23. The number of carbonyl (C=O) groups excluding carboxylic acids is 2. The van der Waals surface area contributed by atoms with Crippen LogP contribution >= 0.6 is 0 Å². The SMILES string of the molecule is N#Cc1ccc(CN2CCN(C(=O)CNC(=O)c3ccco3)CC2)cc1. The van der Waals surface area contributed by atoms with Gasteiger partial charge in [0.2, 0.25) is 5.91 Å². The average molecular weight is 352 g/mol. The van der Waals surface area contributed by atoms with Gasteiger partial charge >= 0.3 is 0 Å². The molecule has 0 saturated carbocycles. The number of nitrogens with zero attached hydrogens (tertiary/aromatic N) is 3. The van der Waals surface area contributed by atoms with Crippen LogP contribution in [-0.4, -0.2) is 54.3 Å². The van der Waals surface area contributed by atoms with Gasteiger partial charge in [-0.05, 0) is 29.8 Å². The quantitative estimate of drug-likeness (QED) is 0.874. The molecule has 1 aliphatic heterocycles. The third kappa shape index (κ3) is 4.49. The molecule has 7 nitrogen and oxygen atoms in total. The molecule has 134 valence electrons. The molecule has 1 fully saturated rings. The minimum atomic E-state index is -0.386. The summed E-state index contributed by atoms with van der Waals surface area (Å²) < 4.78 is 5.00. The number of benzene rings is 1. The van der Waals surface area contributed by atoms with Crippen molar-refractivity contribution >= 4 is 11.8 Å². The summed E-state index contributed by atoms with van der Waals surface area (Å²) in [5, 5.41) is 11.4. The molecule has 1 saturated heterocycles. The summed E-state index contributed by atoms with van der Waals surface area (Å²) >= 11 is 0. The van der Waals surface area contributed by atoms with E-state index in [2.05, 4.69) is 16.3 Å². The first-order valence-corrected chi connectivity index (χ1v) is 8.46. The largest absolute Gasteiger partial charge is 0.459 e. The Morgan fingerprint density at radius 3 is 2.46 bits per heavy atom. The van der Waals surface area contributed by atoms with Gasteiger partial charge in [0.05, 0.1) is 24.4 Å². The first kappa shape index (κ1) is 17.7. The molecule has 1 aromatic heterocycles. The van der Waals surface area contributed by atoms with Gasteiger partial charge in [0.25, 0.3) is 5.91 Å². The van der Waals surface area contributed by atoms with Gasteiger partial charge in [0, 0.05) is 32.7 Å². The molecule has 2 aromatic rings. The Bertz CT molecular complexity index is 785. The topological polar surface area (TPSA) is 89.6 Å². The first-order valence-electron chi connectivity index (χ1n) is 8.46. The summed E-state index contributed by atoms with van der Waals surface area (Å²) in [5.41, 5.74) is 1.80. The first-order chi connectivity index (χ1) is 12.7. The number of amides is 2. The van der Waals surface area contributed by atoms with Crippen LogP contribution in [-0.2, 0) is 11.3 Å². The highest BCUT2D eigenvalue weighted by atomic mass is 16.3. The zero-order valence-corrected chi connectivity index (χ0v) is 14.4. The van der Waals surface area contributed by atoms with Crippen LogP contribution in [0, 0.1) is 11.3 Å². The van der Waals surface area contributed by atoms with E-state index in [1.54, 1.807) is 17.0 Å². The molecule has 1 N–H and O–H groups in total. The van der Waals surface area contributed by atoms with E-state index in [9.17, 15) is 9.59 Å². The summed E-state index contributed by atoms with van der Waals surface area (Å²) in [4.78, 5) is 28.1. The van der Waals surface area contributed by atoms with Gasteiger partial charge in [0.15, 0.2) is 5.76 Å². The van der Waals surface area contributed by atoms with E-state index in [1.807, 2.05) is 24.3 Å². The number of carbonyl (C=O) groups is 2. The monoisotopic (exact) mass is 352 g/mol. The molecule has 0 spiro atoms. The van der Waals surface area contributed by atoms with E-state index in [0.29, 0.717) is 18.7 Å². The van der Waals surface area contributed by atoms with Crippen LogP contribution in [0.25, 0.3) is 0 Å². The van der Waals surface area contributed by atoms with Crippen molar-refractivity contribution in [2.45, 2.75) is 6.54 Å². The summed E-state index contributed by atoms with van der Waals surface area (Å²) in [6.07, 6.45) is 1.42. The van der Waals surface area contributed by atoms with Crippen LogP contribution in [0.5, 0.6) is 0 Å².